The quantitative estimate of drug-likeness (QED) is 0.214. The van der Waals surface area contributed by atoms with Crippen molar-refractivity contribution in [3.05, 3.63) is 0 Å². The number of nitrogens with zero attached hydrogens (tertiary/aromatic N) is 1. The summed E-state index contributed by atoms with van der Waals surface area (Å²) >= 11 is 0. The summed E-state index contributed by atoms with van der Waals surface area (Å²) in [5.41, 5.74) is 4.47. The van der Waals surface area contributed by atoms with E-state index in [4.69, 9.17) is 0 Å². The summed E-state index contributed by atoms with van der Waals surface area (Å²) in [4.78, 5) is 32.9. The number of carbonyl (C=O) groups excluding carboxylic acids is 3. The Labute approximate surface area is 54.8 Å². The summed E-state index contributed by atoms with van der Waals surface area (Å²) in [6.07, 6.45) is -0.314. The summed E-state index contributed by atoms with van der Waals surface area (Å²) in [5.74, 6) is 0. The highest BCUT2D eigenvalue weighted by atomic mass is 16.7. The molecule has 10 heavy (non-hydrogen) atoms. The van der Waals surface area contributed by atoms with Crippen molar-refractivity contribution in [1.82, 2.24) is 5.32 Å². The van der Waals surface area contributed by atoms with Crippen molar-refractivity contribution in [2.75, 3.05) is 0 Å². The van der Waals surface area contributed by atoms with E-state index in [1.807, 2.05) is 0 Å². The highest BCUT2D eigenvalue weighted by Crippen LogP contribution is 1.73. The molecule has 3 N–H and O–H groups in total. The van der Waals surface area contributed by atoms with Crippen molar-refractivity contribution in [2.45, 2.75) is 0 Å². The maximum atomic E-state index is 10.1. The zero-order valence-electron chi connectivity index (χ0n) is 4.66. The second kappa shape index (κ2) is 4.04. The number of hydrogen-bond donors (Lipinski definition) is 2. The fourth-order valence-electron chi connectivity index (χ4n) is 0.184. The van der Waals surface area contributed by atoms with Gasteiger partial charge in [0.15, 0.2) is 0 Å². The van der Waals surface area contributed by atoms with E-state index in [1.54, 1.807) is 0 Å². The largest absolute Gasteiger partial charge is 0.442 e. The summed E-state index contributed by atoms with van der Waals surface area (Å²) in [5, 5.41) is 3.88. The molecule has 0 rings (SSSR count). The van der Waals surface area contributed by atoms with Gasteiger partial charge in [-0.25, -0.2) is 19.7 Å². The van der Waals surface area contributed by atoms with E-state index in [9.17, 15) is 14.4 Å². The molecule has 0 unspecified atom stereocenters. The lowest BCUT2D eigenvalue weighted by atomic mass is 11.0. The maximum Gasteiger partial charge on any atom is 0.442 e. The average molecular weight is 145 g/mol. The monoisotopic (exact) mass is 145 g/mol. The first-order valence-corrected chi connectivity index (χ1v) is 2.01. The Hall–Kier alpha value is -1.88. The van der Waals surface area contributed by atoms with Gasteiger partial charge < -0.3 is 5.73 Å². The van der Waals surface area contributed by atoms with Gasteiger partial charge in [0.1, 0.15) is 0 Å². The molecular weight excluding hydrogens is 142 g/mol. The third kappa shape index (κ3) is 4.28. The summed E-state index contributed by atoms with van der Waals surface area (Å²) < 4.78 is 0. The van der Waals surface area contributed by atoms with E-state index in [2.05, 4.69) is 15.7 Å². The minimum atomic E-state index is -1.23. The van der Waals surface area contributed by atoms with Crippen LogP contribution in [0.4, 0.5) is 9.59 Å². The van der Waals surface area contributed by atoms with Gasteiger partial charge in [-0.15, -0.1) is 0 Å². The molecule has 0 fully saturated rings. The number of primary amides is 1. The number of urea groups is 1. The second-order valence-electron chi connectivity index (χ2n) is 1.05. The zero-order chi connectivity index (χ0) is 7.98. The van der Waals surface area contributed by atoms with Gasteiger partial charge in [-0.05, 0) is 0 Å². The molecule has 3 amide bonds. The van der Waals surface area contributed by atoms with E-state index < -0.39 is 12.1 Å². The number of nitrogens with one attached hydrogen (secondary N) is 1. The molecule has 0 aromatic carbocycles. The minimum absolute atomic E-state index is 0.912. The van der Waals surface area contributed by atoms with Crippen LogP contribution in [0.15, 0.2) is 5.16 Å². The topological polar surface area (TPSA) is 111 Å². The molecule has 0 aromatic heterocycles. The predicted octanol–water partition coefficient (Wildman–Crippen LogP) is -0.958. The average Bonchev–Trinajstić information content (AvgIpc) is 1.82. The molecule has 0 heterocycles. The van der Waals surface area contributed by atoms with Gasteiger partial charge in [0, 0.05) is 5.16 Å². The first kappa shape index (κ1) is 8.12. The molecule has 0 radical (unpaired) electrons. The van der Waals surface area contributed by atoms with Crippen molar-refractivity contribution < 1.29 is 19.2 Å². The first-order valence-electron chi connectivity index (χ1n) is 2.01. The summed E-state index contributed by atoms with van der Waals surface area (Å²) in [7, 11) is 0. The zero-order valence-corrected chi connectivity index (χ0v) is 4.66. The summed E-state index contributed by atoms with van der Waals surface area (Å²) in [6, 6.07) is -1.09. The van der Waals surface area contributed by atoms with Gasteiger partial charge in [0.2, 0.25) is 0 Å². The lowest BCUT2D eigenvalue weighted by Crippen LogP contribution is -2.34. The molecule has 7 nitrogen and oxygen atoms in total. The standard InChI is InChI=1S/C3H3N3O4/c4-2(8)6-3(9)10-5-1-7/h(H3,4,6,8,9). The second-order valence-corrected chi connectivity index (χ2v) is 1.05. The lowest BCUT2D eigenvalue weighted by Gasteiger charge is -1.92. The van der Waals surface area contributed by atoms with Crippen molar-refractivity contribution in [2.24, 2.45) is 10.9 Å². The number of hydrogen-bond acceptors (Lipinski definition) is 5. The van der Waals surface area contributed by atoms with E-state index >= 15 is 0 Å². The van der Waals surface area contributed by atoms with Crippen LogP contribution in [-0.4, -0.2) is 18.2 Å². The number of carbonyl (C=O) groups is 2. The van der Waals surface area contributed by atoms with Crippen molar-refractivity contribution in [3.8, 4) is 0 Å². The van der Waals surface area contributed by atoms with Gasteiger partial charge in [-0.2, -0.15) is 0 Å². The highest BCUT2D eigenvalue weighted by molar-refractivity contribution is 5.89. The van der Waals surface area contributed by atoms with E-state index in [1.165, 1.54) is 5.32 Å². The van der Waals surface area contributed by atoms with Crippen LogP contribution in [0.5, 0.6) is 0 Å². The number of rotatable bonds is 1. The van der Waals surface area contributed by atoms with Crippen molar-refractivity contribution in [1.29, 1.82) is 0 Å². The molecule has 0 spiro atoms. The SMILES string of the molecule is NC(=O)NC(=O)ON=C=O. The van der Waals surface area contributed by atoms with E-state index in [-0.39, 0.29) is 0 Å². The van der Waals surface area contributed by atoms with Crippen LogP contribution in [0.25, 0.3) is 0 Å². The smallest absolute Gasteiger partial charge is 0.351 e. The predicted molar refractivity (Wildman–Crippen MR) is 27.3 cm³/mol. The molecule has 54 valence electrons. The molecule has 0 bridgehead atoms. The van der Waals surface area contributed by atoms with E-state index in [0.29, 0.717) is 0 Å². The van der Waals surface area contributed by atoms with Gasteiger partial charge >= 0.3 is 12.1 Å². The Morgan fingerprint density at radius 2 is 2.20 bits per heavy atom. The number of amides is 3. The Morgan fingerprint density at radius 3 is 2.60 bits per heavy atom. The molecule has 0 aliphatic carbocycles. The number of isocyanates is 1. The Balaban J connectivity index is 3.64. The molecule has 0 aliphatic rings. The van der Waals surface area contributed by atoms with Crippen LogP contribution in [0, 0.1) is 0 Å². The fraction of sp³-hybridized carbons (Fsp3) is 0. The highest BCUT2D eigenvalue weighted by Gasteiger charge is 2.02. The van der Waals surface area contributed by atoms with Crippen LogP contribution >= 0.6 is 0 Å². The van der Waals surface area contributed by atoms with Gasteiger partial charge in [-0.1, -0.05) is 0 Å². The Kier molecular flexibility index (Phi) is 3.28. The third-order valence-corrected chi connectivity index (χ3v) is 0.391. The molecule has 0 atom stereocenters. The van der Waals surface area contributed by atoms with Gasteiger partial charge in [0.25, 0.3) is 6.08 Å². The Morgan fingerprint density at radius 1 is 1.60 bits per heavy atom. The number of imide groups is 1. The van der Waals surface area contributed by atoms with Gasteiger partial charge in [-0.3, -0.25) is 4.84 Å². The van der Waals surface area contributed by atoms with Crippen LogP contribution in [0.2, 0.25) is 0 Å². The summed E-state index contributed by atoms with van der Waals surface area (Å²) in [6.45, 7) is 0. The molecule has 0 aliphatic heterocycles. The van der Waals surface area contributed by atoms with Crippen molar-refractivity contribution in [3.63, 3.8) is 0 Å². The molecule has 0 aromatic rings. The van der Waals surface area contributed by atoms with Crippen molar-refractivity contribution >= 4 is 18.2 Å². The minimum Gasteiger partial charge on any atom is -0.351 e. The van der Waals surface area contributed by atoms with E-state index in [0.717, 1.165) is 6.08 Å². The third-order valence-electron chi connectivity index (χ3n) is 0.391. The maximum absolute atomic E-state index is 10.1. The molecule has 7 heteroatoms. The van der Waals surface area contributed by atoms with Crippen LogP contribution < -0.4 is 11.1 Å². The number of nitrogens with two attached hydrogens (primary N) is 1. The molecule has 0 saturated carbocycles. The molecule has 0 saturated heterocycles. The first-order chi connectivity index (χ1) is 4.66. The lowest BCUT2D eigenvalue weighted by molar-refractivity contribution is 0.152. The molecular formula is C3H3N3O4. The normalized spacial score (nSPS) is 7.20. The van der Waals surface area contributed by atoms with Crippen LogP contribution in [0.1, 0.15) is 0 Å². The van der Waals surface area contributed by atoms with Crippen LogP contribution in [-0.2, 0) is 9.63 Å². The fourth-order valence-corrected chi connectivity index (χ4v) is 0.184. The Bertz CT molecular complexity index is 188. The van der Waals surface area contributed by atoms with Crippen LogP contribution in [0.3, 0.4) is 0 Å². The van der Waals surface area contributed by atoms with Gasteiger partial charge in [0.05, 0.1) is 0 Å².